The first kappa shape index (κ1) is 18.7. The minimum absolute atomic E-state index is 1.09. The van der Waals surface area contributed by atoms with Crippen LogP contribution in [0.5, 0.6) is 0 Å². The van der Waals surface area contributed by atoms with E-state index in [1.165, 1.54) is 50.4 Å². The van der Waals surface area contributed by atoms with Gasteiger partial charge in [-0.2, -0.15) is 0 Å². The van der Waals surface area contributed by atoms with Gasteiger partial charge in [-0.05, 0) is 88.1 Å². The molecule has 0 bridgehead atoms. The fourth-order valence-corrected chi connectivity index (χ4v) is 4.27. The molecule has 0 saturated carbocycles. The Kier molecular flexibility index (Phi) is 5.24. The van der Waals surface area contributed by atoms with Gasteiger partial charge in [0.15, 0.2) is 0 Å². The monoisotopic (exact) mass is 407 g/mol. The van der Waals surface area contributed by atoms with E-state index in [0.29, 0.717) is 0 Å². The van der Waals surface area contributed by atoms with Crippen LogP contribution >= 0.6 is 15.9 Å². The maximum Gasteiger partial charge on any atom is 0.0520 e. The number of anilines is 3. The number of nitrogens with zero attached hydrogens (tertiary/aromatic N) is 1. The van der Waals surface area contributed by atoms with Gasteiger partial charge in [-0.25, -0.2) is 0 Å². The van der Waals surface area contributed by atoms with Gasteiger partial charge in [-0.3, -0.25) is 0 Å². The summed E-state index contributed by atoms with van der Waals surface area (Å²) in [5.41, 5.74) is 11.5. The van der Waals surface area contributed by atoms with Crippen molar-refractivity contribution in [2.75, 3.05) is 4.90 Å². The first-order valence-electron chi connectivity index (χ1n) is 8.99. The lowest BCUT2D eigenvalue weighted by Gasteiger charge is -2.32. The van der Waals surface area contributed by atoms with Crippen molar-refractivity contribution in [1.29, 1.82) is 0 Å². The zero-order valence-corrected chi connectivity index (χ0v) is 18.0. The maximum absolute atomic E-state index is 3.57. The molecule has 0 amide bonds. The second kappa shape index (κ2) is 7.28. The fourth-order valence-electron chi connectivity index (χ4n) is 4.01. The minimum atomic E-state index is 1.09. The van der Waals surface area contributed by atoms with Crippen LogP contribution in [0.1, 0.15) is 33.4 Å². The van der Waals surface area contributed by atoms with E-state index in [-0.39, 0.29) is 0 Å². The first-order valence-corrected chi connectivity index (χ1v) is 9.78. The van der Waals surface area contributed by atoms with Gasteiger partial charge in [0.1, 0.15) is 0 Å². The molecule has 3 aromatic rings. The van der Waals surface area contributed by atoms with Gasteiger partial charge in [0.25, 0.3) is 0 Å². The van der Waals surface area contributed by atoms with Crippen molar-refractivity contribution in [3.63, 3.8) is 0 Å². The number of rotatable bonds is 3. The molecule has 0 spiro atoms. The fraction of sp³-hybridized carbons (Fsp3) is 0.250. The molecule has 2 heteroatoms. The van der Waals surface area contributed by atoms with Crippen molar-refractivity contribution in [2.45, 2.75) is 41.5 Å². The van der Waals surface area contributed by atoms with Crippen LogP contribution in [-0.4, -0.2) is 0 Å². The summed E-state index contributed by atoms with van der Waals surface area (Å²) in [6.45, 7) is 13.2. The quantitative estimate of drug-likeness (QED) is 0.428. The van der Waals surface area contributed by atoms with E-state index in [2.05, 4.69) is 111 Å². The summed E-state index contributed by atoms with van der Waals surface area (Å²) in [7, 11) is 0. The largest absolute Gasteiger partial charge is 0.309 e. The average molecular weight is 408 g/mol. The van der Waals surface area contributed by atoms with Crippen LogP contribution in [-0.2, 0) is 0 Å². The SMILES string of the molecule is Cc1cc(C)c(N(c2ccc(Br)cc2)c2c(C)cc(C)cc2C)c(C)c1. The summed E-state index contributed by atoms with van der Waals surface area (Å²) >= 11 is 3.57. The van der Waals surface area contributed by atoms with E-state index < -0.39 is 0 Å². The molecule has 0 heterocycles. The highest BCUT2D eigenvalue weighted by Gasteiger charge is 2.20. The topological polar surface area (TPSA) is 3.24 Å². The van der Waals surface area contributed by atoms with Gasteiger partial charge in [0.05, 0.1) is 11.4 Å². The molecule has 3 rings (SSSR count). The number of aryl methyl sites for hydroxylation is 6. The summed E-state index contributed by atoms with van der Waals surface area (Å²) in [6.07, 6.45) is 0. The average Bonchev–Trinajstić information content (AvgIpc) is 2.52. The van der Waals surface area contributed by atoms with E-state index in [4.69, 9.17) is 0 Å². The lowest BCUT2D eigenvalue weighted by atomic mass is 9.99. The molecule has 0 radical (unpaired) electrons. The predicted molar refractivity (Wildman–Crippen MR) is 117 cm³/mol. The third kappa shape index (κ3) is 3.57. The van der Waals surface area contributed by atoms with Gasteiger partial charge < -0.3 is 4.90 Å². The lowest BCUT2D eigenvalue weighted by molar-refractivity contribution is 1.16. The molecule has 0 atom stereocenters. The first-order chi connectivity index (χ1) is 12.3. The van der Waals surface area contributed by atoms with Crippen molar-refractivity contribution in [3.05, 3.63) is 86.4 Å². The zero-order valence-electron chi connectivity index (χ0n) is 16.4. The van der Waals surface area contributed by atoms with Gasteiger partial charge in [0.2, 0.25) is 0 Å². The third-order valence-electron chi connectivity index (χ3n) is 4.80. The Labute approximate surface area is 165 Å². The number of halogens is 1. The highest BCUT2D eigenvalue weighted by Crippen LogP contribution is 2.42. The van der Waals surface area contributed by atoms with Crippen LogP contribution in [0.4, 0.5) is 17.1 Å². The smallest absolute Gasteiger partial charge is 0.0520 e. The van der Waals surface area contributed by atoms with Gasteiger partial charge in [-0.15, -0.1) is 0 Å². The molecule has 0 N–H and O–H groups in total. The highest BCUT2D eigenvalue weighted by molar-refractivity contribution is 9.10. The molecule has 0 saturated heterocycles. The Morgan fingerprint density at radius 3 is 1.27 bits per heavy atom. The van der Waals surface area contributed by atoms with Crippen molar-refractivity contribution in [2.24, 2.45) is 0 Å². The van der Waals surface area contributed by atoms with E-state index in [1.807, 2.05) is 0 Å². The molecule has 134 valence electrons. The molecule has 3 aromatic carbocycles. The van der Waals surface area contributed by atoms with Crippen LogP contribution in [0.25, 0.3) is 0 Å². The predicted octanol–water partition coefficient (Wildman–Crippen LogP) is 7.77. The Bertz CT molecular complexity index is 851. The molecule has 0 aliphatic carbocycles. The maximum atomic E-state index is 3.57. The minimum Gasteiger partial charge on any atom is -0.309 e. The van der Waals surface area contributed by atoms with Crippen LogP contribution < -0.4 is 4.90 Å². The van der Waals surface area contributed by atoms with E-state index in [9.17, 15) is 0 Å². The number of hydrogen-bond donors (Lipinski definition) is 0. The molecule has 0 aliphatic heterocycles. The van der Waals surface area contributed by atoms with Crippen LogP contribution in [0.15, 0.2) is 53.0 Å². The van der Waals surface area contributed by atoms with E-state index in [0.717, 1.165) is 4.47 Å². The molecule has 26 heavy (non-hydrogen) atoms. The third-order valence-corrected chi connectivity index (χ3v) is 5.33. The van der Waals surface area contributed by atoms with Crippen LogP contribution in [0, 0.1) is 41.5 Å². The van der Waals surface area contributed by atoms with Crippen molar-refractivity contribution in [1.82, 2.24) is 0 Å². The normalized spacial score (nSPS) is 10.9. The molecular weight excluding hydrogens is 382 g/mol. The Balaban J connectivity index is 2.34. The van der Waals surface area contributed by atoms with Crippen LogP contribution in [0.2, 0.25) is 0 Å². The Hall–Kier alpha value is -2.06. The van der Waals surface area contributed by atoms with Gasteiger partial charge in [-0.1, -0.05) is 51.3 Å². The number of benzene rings is 3. The molecule has 0 aromatic heterocycles. The summed E-state index contributed by atoms with van der Waals surface area (Å²) in [5.74, 6) is 0. The standard InChI is InChI=1S/C24H26BrN/c1-15-11-17(3)23(18(4)12-15)26(22-9-7-21(25)8-10-22)24-19(5)13-16(2)14-20(24)6/h7-14H,1-6H3. The molecule has 0 aliphatic rings. The second-order valence-electron chi connectivity index (χ2n) is 7.31. The summed E-state index contributed by atoms with van der Waals surface area (Å²) in [4.78, 5) is 2.42. The second-order valence-corrected chi connectivity index (χ2v) is 8.22. The van der Waals surface area contributed by atoms with Gasteiger partial charge in [0, 0.05) is 10.2 Å². The summed E-state index contributed by atoms with van der Waals surface area (Å²) < 4.78 is 1.09. The molecule has 0 fully saturated rings. The Morgan fingerprint density at radius 1 is 0.577 bits per heavy atom. The molecule has 1 nitrogen and oxygen atoms in total. The summed E-state index contributed by atoms with van der Waals surface area (Å²) in [5, 5.41) is 0. The summed E-state index contributed by atoms with van der Waals surface area (Å²) in [6, 6.07) is 17.7. The van der Waals surface area contributed by atoms with Crippen LogP contribution in [0.3, 0.4) is 0 Å². The van der Waals surface area contributed by atoms with E-state index in [1.54, 1.807) is 0 Å². The van der Waals surface area contributed by atoms with E-state index >= 15 is 0 Å². The molecular formula is C24H26BrN. The van der Waals surface area contributed by atoms with Crippen molar-refractivity contribution < 1.29 is 0 Å². The van der Waals surface area contributed by atoms with Crippen molar-refractivity contribution >= 4 is 33.0 Å². The number of hydrogen-bond acceptors (Lipinski definition) is 1. The zero-order chi connectivity index (χ0) is 19.0. The van der Waals surface area contributed by atoms with Gasteiger partial charge >= 0.3 is 0 Å². The molecule has 0 unspecified atom stereocenters. The Morgan fingerprint density at radius 2 is 0.923 bits per heavy atom. The lowest BCUT2D eigenvalue weighted by Crippen LogP contribution is -2.15. The van der Waals surface area contributed by atoms with Crippen molar-refractivity contribution in [3.8, 4) is 0 Å². The highest BCUT2D eigenvalue weighted by atomic mass is 79.9.